The molecule has 2 atom stereocenters. The number of benzene rings is 1. The van der Waals surface area contributed by atoms with E-state index < -0.39 is 7.04 Å². The highest BCUT2D eigenvalue weighted by Gasteiger charge is 2.64. The molecule has 1 saturated heterocycles. The lowest BCUT2D eigenvalue weighted by atomic mass is 9.92. The van der Waals surface area contributed by atoms with Crippen molar-refractivity contribution in [3.8, 4) is 11.1 Å². The van der Waals surface area contributed by atoms with E-state index >= 15 is 0 Å². The highest BCUT2D eigenvalue weighted by molar-refractivity contribution is 5.86. The molecular formula is C24H28N4O3. The highest BCUT2D eigenvalue weighted by atomic mass is 16.5. The smallest absolute Gasteiger partial charge is 0.221 e. The average Bonchev–Trinajstić information content (AvgIpc) is 3.04. The third kappa shape index (κ3) is 2.79. The minimum atomic E-state index is -2.37. The van der Waals surface area contributed by atoms with Gasteiger partial charge in [0.15, 0.2) is 0 Å². The van der Waals surface area contributed by atoms with E-state index in [4.69, 9.17) is 18.4 Å². The van der Waals surface area contributed by atoms with Gasteiger partial charge in [0.1, 0.15) is 17.1 Å². The maximum atomic E-state index is 12.2. The van der Waals surface area contributed by atoms with E-state index in [0.29, 0.717) is 19.3 Å². The lowest BCUT2D eigenvalue weighted by molar-refractivity contribution is -0.120. The van der Waals surface area contributed by atoms with Crippen LogP contribution in [0.5, 0.6) is 0 Å². The van der Waals surface area contributed by atoms with Crippen molar-refractivity contribution < 1.29 is 18.2 Å². The number of fused-ring (bicyclic) bond motifs is 2. The monoisotopic (exact) mass is 423 g/mol. The van der Waals surface area contributed by atoms with E-state index in [0.717, 1.165) is 58.7 Å². The summed E-state index contributed by atoms with van der Waals surface area (Å²) in [7, 11) is -2.37. The van der Waals surface area contributed by atoms with E-state index in [9.17, 15) is 4.79 Å². The van der Waals surface area contributed by atoms with Crippen molar-refractivity contribution >= 4 is 16.9 Å². The van der Waals surface area contributed by atoms with E-state index in [-0.39, 0.29) is 29.5 Å². The van der Waals surface area contributed by atoms with E-state index in [1.165, 1.54) is 0 Å². The Morgan fingerprint density at radius 1 is 1.29 bits per heavy atom. The van der Waals surface area contributed by atoms with Gasteiger partial charge >= 0.3 is 0 Å². The van der Waals surface area contributed by atoms with Crippen LogP contribution in [0.1, 0.15) is 66.0 Å². The molecule has 0 bridgehead atoms. The van der Waals surface area contributed by atoms with Crippen LogP contribution in [0.3, 0.4) is 0 Å². The summed E-state index contributed by atoms with van der Waals surface area (Å²) in [5.41, 5.74) is 4.37. The number of hydrogen-bond acceptors (Lipinski definition) is 5. The van der Waals surface area contributed by atoms with Crippen LogP contribution in [0.2, 0.25) is 0 Å². The summed E-state index contributed by atoms with van der Waals surface area (Å²) in [4.78, 5) is 17.3. The van der Waals surface area contributed by atoms with E-state index in [1.54, 1.807) is 0 Å². The number of nitrogens with one attached hydrogen (secondary N) is 1. The predicted octanol–water partition coefficient (Wildman–Crippen LogP) is 4.17. The summed E-state index contributed by atoms with van der Waals surface area (Å²) in [6.45, 7) is 3.84. The van der Waals surface area contributed by atoms with Crippen LogP contribution in [0.4, 0.5) is 0 Å². The number of aromatic nitrogens is 3. The molecule has 1 amide bonds. The van der Waals surface area contributed by atoms with Crippen LogP contribution in [0.15, 0.2) is 22.7 Å². The average molecular weight is 424 g/mol. The number of nitrogens with zero attached hydrogens (tertiary/aromatic N) is 3. The molecule has 7 heteroatoms. The molecule has 3 heterocycles. The topological polar surface area (TPSA) is 82.2 Å². The largest absolute Gasteiger partial charge is 0.381 e. The lowest BCUT2D eigenvalue weighted by Gasteiger charge is -2.31. The summed E-state index contributed by atoms with van der Waals surface area (Å²) in [6.07, 6.45) is 4.18. The number of ether oxygens (including phenoxy) is 1. The summed E-state index contributed by atoms with van der Waals surface area (Å²) in [5, 5.41) is 7.31. The van der Waals surface area contributed by atoms with Gasteiger partial charge < -0.3 is 19.1 Å². The minimum absolute atomic E-state index is 0.0843. The van der Waals surface area contributed by atoms with E-state index in [2.05, 4.69) is 33.2 Å². The SMILES string of the molecule is [2H]C([2H])([2H])OC1CCC(n2c([C@]34C[C@H]3CC(=O)N4)nc3cc(-c4c(C)noc4C)ccc32)CC1. The van der Waals surface area contributed by atoms with Crippen LogP contribution >= 0.6 is 0 Å². The van der Waals surface area contributed by atoms with Gasteiger partial charge in [-0.05, 0) is 63.6 Å². The Labute approximate surface area is 185 Å². The number of carbonyl (C=O) groups excluding carboxylic acids is 1. The van der Waals surface area contributed by atoms with Crippen molar-refractivity contribution in [3.05, 3.63) is 35.5 Å². The number of piperidine rings is 1. The first-order valence-electron chi connectivity index (χ1n) is 12.6. The van der Waals surface area contributed by atoms with Gasteiger partial charge in [-0.15, -0.1) is 0 Å². The van der Waals surface area contributed by atoms with Crippen molar-refractivity contribution in [1.82, 2.24) is 20.0 Å². The van der Waals surface area contributed by atoms with Gasteiger partial charge in [0.05, 0.1) is 26.9 Å². The first kappa shape index (κ1) is 16.0. The Balaban J connectivity index is 1.40. The predicted molar refractivity (Wildman–Crippen MR) is 116 cm³/mol. The fraction of sp³-hybridized carbons (Fsp3) is 0.542. The molecule has 0 radical (unpaired) electrons. The van der Waals surface area contributed by atoms with Crippen LogP contribution in [-0.4, -0.2) is 33.8 Å². The molecule has 162 valence electrons. The molecule has 3 aliphatic rings. The molecule has 7 nitrogen and oxygen atoms in total. The quantitative estimate of drug-likeness (QED) is 0.681. The van der Waals surface area contributed by atoms with Gasteiger partial charge in [-0.1, -0.05) is 11.2 Å². The molecule has 0 unspecified atom stereocenters. The minimum Gasteiger partial charge on any atom is -0.381 e. The normalized spacial score (nSPS) is 31.7. The molecule has 1 aromatic carbocycles. The number of imidazole rings is 1. The summed E-state index contributed by atoms with van der Waals surface area (Å²) in [6, 6.07) is 6.43. The first-order chi connectivity index (χ1) is 16.1. The molecule has 2 aliphatic carbocycles. The lowest BCUT2D eigenvalue weighted by Crippen LogP contribution is -2.34. The third-order valence-corrected chi connectivity index (χ3v) is 7.49. The van der Waals surface area contributed by atoms with Crippen LogP contribution in [0.25, 0.3) is 22.2 Å². The molecule has 0 spiro atoms. The van der Waals surface area contributed by atoms with Crippen LogP contribution < -0.4 is 5.32 Å². The van der Waals surface area contributed by atoms with Gasteiger partial charge in [0.2, 0.25) is 5.91 Å². The van der Waals surface area contributed by atoms with Gasteiger partial charge in [-0.25, -0.2) is 4.98 Å². The second-order valence-corrected chi connectivity index (χ2v) is 9.38. The summed E-state index contributed by atoms with van der Waals surface area (Å²) < 4.78 is 35.2. The van der Waals surface area contributed by atoms with Crippen LogP contribution in [0, 0.1) is 19.8 Å². The zero-order valence-electron chi connectivity index (χ0n) is 20.8. The number of carbonyl (C=O) groups is 1. The molecular weight excluding hydrogens is 392 g/mol. The number of hydrogen-bond donors (Lipinski definition) is 1. The van der Waals surface area contributed by atoms with Gasteiger partial charge in [0, 0.05) is 31.0 Å². The van der Waals surface area contributed by atoms with Crippen molar-refractivity contribution in [2.75, 3.05) is 7.04 Å². The molecule has 31 heavy (non-hydrogen) atoms. The Morgan fingerprint density at radius 3 is 2.81 bits per heavy atom. The van der Waals surface area contributed by atoms with Gasteiger partial charge in [0.25, 0.3) is 0 Å². The Bertz CT molecular complexity index is 1270. The second kappa shape index (κ2) is 6.66. The van der Waals surface area contributed by atoms with Crippen molar-refractivity contribution in [2.45, 2.75) is 70.1 Å². The summed E-state index contributed by atoms with van der Waals surface area (Å²) in [5.74, 6) is 2.07. The number of amides is 1. The molecule has 1 aliphatic heterocycles. The first-order valence-corrected chi connectivity index (χ1v) is 11.1. The third-order valence-electron chi connectivity index (χ3n) is 7.49. The van der Waals surface area contributed by atoms with Crippen molar-refractivity contribution in [2.24, 2.45) is 5.92 Å². The van der Waals surface area contributed by atoms with Gasteiger partial charge in [-0.3, -0.25) is 4.79 Å². The van der Waals surface area contributed by atoms with E-state index in [1.807, 2.05) is 13.8 Å². The number of methoxy groups -OCH3 is 1. The van der Waals surface area contributed by atoms with Gasteiger partial charge in [-0.2, -0.15) is 0 Å². The van der Waals surface area contributed by atoms with Crippen molar-refractivity contribution in [1.29, 1.82) is 0 Å². The zero-order chi connectivity index (χ0) is 23.8. The second-order valence-electron chi connectivity index (χ2n) is 9.38. The number of rotatable bonds is 4. The highest BCUT2D eigenvalue weighted by Crippen LogP contribution is 2.58. The van der Waals surface area contributed by atoms with Crippen molar-refractivity contribution in [3.63, 3.8) is 0 Å². The summed E-state index contributed by atoms with van der Waals surface area (Å²) >= 11 is 0. The standard InChI is InChI=1S/C24H28N4O3/c1-13-22(14(2)31-27-13)15-4-9-20-19(10-15)25-23(24-12-16(24)11-21(29)26-24)28(20)17-5-7-18(30-3)8-6-17/h4,9-10,16-18H,5-8,11-12H2,1-3H3,(H,26,29)/t16-,17?,18?,24+/m1/s1/i3D3. The Kier molecular flexibility index (Phi) is 3.45. The fourth-order valence-corrected chi connectivity index (χ4v) is 5.84. The molecule has 3 fully saturated rings. The Morgan fingerprint density at radius 2 is 2.13 bits per heavy atom. The zero-order valence-corrected chi connectivity index (χ0v) is 17.8. The Hall–Kier alpha value is -2.67. The maximum Gasteiger partial charge on any atom is 0.221 e. The number of aryl methyl sites for hydroxylation is 2. The van der Waals surface area contributed by atoms with Crippen LogP contribution in [-0.2, 0) is 15.1 Å². The maximum absolute atomic E-state index is 12.2. The molecule has 2 aromatic heterocycles. The molecule has 3 aromatic rings. The fourth-order valence-electron chi connectivity index (χ4n) is 5.84. The molecule has 2 saturated carbocycles. The molecule has 6 rings (SSSR count). The molecule has 1 N–H and O–H groups in total.